The predicted molar refractivity (Wildman–Crippen MR) is 98.7 cm³/mol. The van der Waals surface area contributed by atoms with Crippen molar-refractivity contribution in [2.24, 2.45) is 0 Å². The lowest BCUT2D eigenvalue weighted by Gasteiger charge is -2.16. The molecule has 3 nitrogen and oxygen atoms in total. The van der Waals surface area contributed by atoms with E-state index in [2.05, 4.69) is 52.3 Å². The highest BCUT2D eigenvalue weighted by Gasteiger charge is 2.10. The molecule has 6 rings (SSSR count). The van der Waals surface area contributed by atoms with Gasteiger partial charge in [0.1, 0.15) is 5.75 Å². The van der Waals surface area contributed by atoms with Crippen molar-refractivity contribution in [3.8, 4) is 5.75 Å². The van der Waals surface area contributed by atoms with Crippen LogP contribution in [-0.4, -0.2) is 27.1 Å². The Bertz CT molecular complexity index is 685. The fourth-order valence-corrected chi connectivity index (χ4v) is 3.53. The van der Waals surface area contributed by atoms with E-state index in [9.17, 15) is 0 Å². The number of ether oxygens (including phenoxy) is 3. The number of halogens is 1. The molecule has 4 aliphatic rings. The van der Waals surface area contributed by atoms with Crippen LogP contribution in [0.2, 0.25) is 0 Å². The maximum Gasteiger partial charge on any atom is 0.189 e. The summed E-state index contributed by atoms with van der Waals surface area (Å²) in [6, 6.07) is 13.3. The van der Waals surface area contributed by atoms with Crippen molar-refractivity contribution in [2.75, 3.05) is 27.1 Å². The fraction of sp³-hybridized carbons (Fsp3) is 0.400. The molecule has 0 unspecified atom stereocenters. The van der Waals surface area contributed by atoms with Gasteiger partial charge in [-0.3, -0.25) is 0 Å². The molecule has 0 fully saturated rings. The highest BCUT2D eigenvalue weighted by atomic mass is 79.9. The average Bonchev–Trinajstić information content (AvgIpc) is 2.58. The van der Waals surface area contributed by atoms with Gasteiger partial charge in [0.2, 0.25) is 0 Å². The summed E-state index contributed by atoms with van der Waals surface area (Å²) in [5.41, 5.74) is 5.23. The standard InChI is InChI=1S/C20H23BrO3/c1-22-10-11-23-14-24-20-13-16-3-7-17-6-2-15(12-19(17)21)4-8-18(20)9-5-16/h2,5-6,9,12-13H,3-4,7-8,10-11,14H2,1H3. The molecule has 0 heterocycles. The lowest BCUT2D eigenvalue weighted by molar-refractivity contribution is -0.00889. The zero-order valence-corrected chi connectivity index (χ0v) is 15.6. The van der Waals surface area contributed by atoms with Crippen molar-refractivity contribution in [1.82, 2.24) is 0 Å². The molecular formula is C20H23BrO3. The molecule has 0 aromatic heterocycles. The first-order chi connectivity index (χ1) is 11.8. The summed E-state index contributed by atoms with van der Waals surface area (Å²) in [6.45, 7) is 1.39. The second-order valence-electron chi connectivity index (χ2n) is 6.03. The monoisotopic (exact) mass is 390 g/mol. The van der Waals surface area contributed by atoms with Gasteiger partial charge >= 0.3 is 0 Å². The van der Waals surface area contributed by atoms with Gasteiger partial charge in [0, 0.05) is 11.6 Å². The van der Waals surface area contributed by atoms with Gasteiger partial charge in [-0.05, 0) is 60.1 Å². The van der Waals surface area contributed by atoms with Gasteiger partial charge in [-0.2, -0.15) is 0 Å². The van der Waals surface area contributed by atoms with Gasteiger partial charge in [-0.1, -0.05) is 40.2 Å². The molecule has 0 N–H and O–H groups in total. The van der Waals surface area contributed by atoms with Crippen LogP contribution in [0.5, 0.6) is 5.75 Å². The molecule has 2 aromatic carbocycles. The Morgan fingerprint density at radius 3 is 2.33 bits per heavy atom. The molecule has 24 heavy (non-hydrogen) atoms. The van der Waals surface area contributed by atoms with E-state index in [4.69, 9.17) is 14.2 Å². The topological polar surface area (TPSA) is 27.7 Å². The van der Waals surface area contributed by atoms with Crippen LogP contribution in [0.1, 0.15) is 22.3 Å². The zero-order valence-electron chi connectivity index (χ0n) is 14.0. The molecule has 128 valence electrons. The Kier molecular flexibility index (Phi) is 6.30. The van der Waals surface area contributed by atoms with Crippen molar-refractivity contribution >= 4 is 15.9 Å². The van der Waals surface area contributed by atoms with Crippen molar-refractivity contribution in [3.63, 3.8) is 0 Å². The van der Waals surface area contributed by atoms with Crippen LogP contribution >= 0.6 is 15.9 Å². The summed E-state index contributed by atoms with van der Waals surface area (Å²) >= 11 is 3.71. The van der Waals surface area contributed by atoms with E-state index in [0.29, 0.717) is 13.2 Å². The summed E-state index contributed by atoms with van der Waals surface area (Å²) < 4.78 is 17.5. The van der Waals surface area contributed by atoms with E-state index in [1.807, 2.05) is 0 Å². The number of rotatable bonds is 6. The lowest BCUT2D eigenvalue weighted by Crippen LogP contribution is -2.09. The van der Waals surface area contributed by atoms with E-state index in [1.165, 1.54) is 26.7 Å². The van der Waals surface area contributed by atoms with Crippen LogP contribution < -0.4 is 4.74 Å². The number of hydrogen-bond acceptors (Lipinski definition) is 3. The van der Waals surface area contributed by atoms with Crippen molar-refractivity contribution < 1.29 is 14.2 Å². The van der Waals surface area contributed by atoms with Gasteiger partial charge in [-0.15, -0.1) is 0 Å². The van der Waals surface area contributed by atoms with Gasteiger partial charge in [-0.25, -0.2) is 0 Å². The largest absolute Gasteiger partial charge is 0.467 e. The molecule has 4 bridgehead atoms. The molecule has 0 spiro atoms. The number of benzene rings is 2. The smallest absolute Gasteiger partial charge is 0.189 e. The number of hydrogen-bond donors (Lipinski definition) is 0. The molecule has 0 atom stereocenters. The average molecular weight is 391 g/mol. The maximum absolute atomic E-state index is 5.88. The molecule has 0 aliphatic heterocycles. The number of aryl methyl sites for hydroxylation is 4. The summed E-state index contributed by atoms with van der Waals surface area (Å²) in [5.74, 6) is 0.944. The third kappa shape index (κ3) is 4.59. The van der Waals surface area contributed by atoms with E-state index >= 15 is 0 Å². The van der Waals surface area contributed by atoms with E-state index in [0.717, 1.165) is 31.4 Å². The first kappa shape index (κ1) is 17.5. The van der Waals surface area contributed by atoms with Gasteiger partial charge in [0.15, 0.2) is 6.79 Å². The predicted octanol–water partition coefficient (Wildman–Crippen LogP) is 4.33. The molecular weight excluding hydrogens is 368 g/mol. The van der Waals surface area contributed by atoms with Crippen LogP contribution in [0, 0.1) is 0 Å². The van der Waals surface area contributed by atoms with Crippen molar-refractivity contribution in [3.05, 3.63) is 63.1 Å². The highest BCUT2D eigenvalue weighted by molar-refractivity contribution is 9.10. The SMILES string of the molecule is COCCOCOc1cc2ccc1CCc1ccc(c(Br)c1)CC2. The summed E-state index contributed by atoms with van der Waals surface area (Å²) in [4.78, 5) is 0. The number of methoxy groups -OCH3 is 1. The Morgan fingerprint density at radius 1 is 0.875 bits per heavy atom. The van der Waals surface area contributed by atoms with Gasteiger partial charge in [0.25, 0.3) is 0 Å². The summed E-state index contributed by atoms with van der Waals surface area (Å²) in [6.07, 6.45) is 3.97. The van der Waals surface area contributed by atoms with Crippen LogP contribution in [-0.2, 0) is 35.2 Å². The first-order valence-corrected chi connectivity index (χ1v) is 9.14. The lowest BCUT2D eigenvalue weighted by atomic mass is 9.96. The Hall–Kier alpha value is -1.36. The van der Waals surface area contributed by atoms with E-state index in [-0.39, 0.29) is 6.79 Å². The highest BCUT2D eigenvalue weighted by Crippen LogP contribution is 2.27. The summed E-state index contributed by atoms with van der Waals surface area (Å²) in [7, 11) is 1.67. The van der Waals surface area contributed by atoms with Crippen LogP contribution in [0.25, 0.3) is 0 Å². The fourth-order valence-electron chi connectivity index (χ4n) is 2.91. The minimum atomic E-state index is 0.263. The molecule has 4 aliphatic carbocycles. The maximum atomic E-state index is 5.88. The Labute approximate surface area is 152 Å². The molecule has 0 saturated heterocycles. The Morgan fingerprint density at radius 2 is 1.58 bits per heavy atom. The molecule has 0 radical (unpaired) electrons. The molecule has 0 saturated carbocycles. The minimum Gasteiger partial charge on any atom is -0.467 e. The first-order valence-electron chi connectivity index (χ1n) is 8.35. The van der Waals surface area contributed by atoms with Gasteiger partial charge in [0.05, 0.1) is 13.2 Å². The van der Waals surface area contributed by atoms with E-state index in [1.54, 1.807) is 7.11 Å². The van der Waals surface area contributed by atoms with Crippen LogP contribution in [0.15, 0.2) is 40.9 Å². The van der Waals surface area contributed by atoms with E-state index < -0.39 is 0 Å². The van der Waals surface area contributed by atoms with Crippen molar-refractivity contribution in [1.29, 1.82) is 0 Å². The zero-order chi connectivity index (χ0) is 16.8. The summed E-state index contributed by atoms with van der Waals surface area (Å²) in [5, 5.41) is 0. The normalized spacial score (nSPS) is 13.6. The third-order valence-corrected chi connectivity index (χ3v) is 5.08. The molecule has 4 heteroatoms. The third-order valence-electron chi connectivity index (χ3n) is 4.34. The second kappa shape index (κ2) is 8.65. The Balaban J connectivity index is 1.74. The molecule has 0 amide bonds. The van der Waals surface area contributed by atoms with Gasteiger partial charge < -0.3 is 14.2 Å². The minimum absolute atomic E-state index is 0.263. The second-order valence-corrected chi connectivity index (χ2v) is 6.89. The quantitative estimate of drug-likeness (QED) is 0.542. The van der Waals surface area contributed by atoms with Crippen LogP contribution in [0.4, 0.5) is 0 Å². The van der Waals surface area contributed by atoms with Crippen LogP contribution in [0.3, 0.4) is 0 Å². The molecule has 2 aromatic rings. The van der Waals surface area contributed by atoms with Crippen molar-refractivity contribution in [2.45, 2.75) is 25.7 Å².